The lowest BCUT2D eigenvalue weighted by atomic mass is 9.69. The molecule has 2 fully saturated rings. The number of aromatic nitrogens is 2. The molecule has 0 amide bonds. The Balaban J connectivity index is 1.31. The first-order valence-corrected chi connectivity index (χ1v) is 13.3. The Morgan fingerprint density at radius 1 is 1.08 bits per heavy atom. The number of nitrogens with zero attached hydrogens (tertiary/aromatic N) is 3. The highest BCUT2D eigenvalue weighted by Crippen LogP contribution is 2.42. The van der Waals surface area contributed by atoms with Crippen molar-refractivity contribution in [3.63, 3.8) is 0 Å². The molecule has 2 saturated heterocycles. The molecule has 0 unspecified atom stereocenters. The van der Waals surface area contributed by atoms with Crippen LogP contribution in [0, 0.1) is 17.0 Å². The van der Waals surface area contributed by atoms with Gasteiger partial charge in [0.05, 0.1) is 5.56 Å². The van der Waals surface area contributed by atoms with Crippen LogP contribution in [-0.4, -0.2) is 59.0 Å². The van der Waals surface area contributed by atoms with Crippen LogP contribution in [0.15, 0.2) is 53.2 Å². The van der Waals surface area contributed by atoms with Crippen LogP contribution >= 0.6 is 0 Å². The third kappa shape index (κ3) is 6.15. The van der Waals surface area contributed by atoms with Crippen molar-refractivity contribution in [2.24, 2.45) is 5.41 Å². The van der Waals surface area contributed by atoms with E-state index >= 15 is 0 Å². The van der Waals surface area contributed by atoms with Crippen LogP contribution in [0.5, 0.6) is 0 Å². The number of Topliss-reactive ketones (excluding diaryl/α,β-unsaturated/α-hetero) is 2. The van der Waals surface area contributed by atoms with E-state index in [1.807, 2.05) is 32.0 Å². The molecule has 0 radical (unpaired) electrons. The molecule has 0 saturated carbocycles. The molecule has 4 heterocycles. The Bertz CT molecular complexity index is 1330. The van der Waals surface area contributed by atoms with E-state index in [2.05, 4.69) is 15.0 Å². The predicted molar refractivity (Wildman–Crippen MR) is 140 cm³/mol. The standard InChI is InChI=1S/C30H33F2N3O4/c1-29(2,28-5-3-4-10-33-28)15-22(36)16-30(18-35(19-30)21-8-11-38-12-9-21)17-26(37)25-14-27(39-34-25)23-7-6-20(31)13-24(23)32/h3-7,10,13-14,21H,8-9,11-12,15-19H2,1-2H3. The molecule has 9 heteroatoms. The summed E-state index contributed by atoms with van der Waals surface area (Å²) in [6, 6.07) is 10.6. The van der Waals surface area contributed by atoms with Crippen LogP contribution in [-0.2, 0) is 14.9 Å². The predicted octanol–water partition coefficient (Wildman–Crippen LogP) is 5.40. The molecule has 3 aromatic rings. The summed E-state index contributed by atoms with van der Waals surface area (Å²) in [6.45, 7) is 6.71. The summed E-state index contributed by atoms with van der Waals surface area (Å²) in [7, 11) is 0. The van der Waals surface area contributed by atoms with Crippen LogP contribution in [0.25, 0.3) is 11.3 Å². The fourth-order valence-corrected chi connectivity index (χ4v) is 5.89. The van der Waals surface area contributed by atoms with Crippen molar-refractivity contribution in [3.8, 4) is 11.3 Å². The molecule has 2 aromatic heterocycles. The quantitative estimate of drug-likeness (QED) is 0.320. The number of pyridine rings is 1. The number of hydrogen-bond donors (Lipinski definition) is 0. The minimum Gasteiger partial charge on any atom is -0.381 e. The lowest BCUT2D eigenvalue weighted by molar-refractivity contribution is -0.128. The lowest BCUT2D eigenvalue weighted by Gasteiger charge is -2.54. The maximum absolute atomic E-state index is 14.2. The maximum atomic E-state index is 14.2. The number of halogens is 2. The highest BCUT2D eigenvalue weighted by molar-refractivity contribution is 5.96. The maximum Gasteiger partial charge on any atom is 0.185 e. The number of rotatable bonds is 10. The molecule has 5 rings (SSSR count). The average molecular weight is 538 g/mol. The molecule has 0 atom stereocenters. The molecule has 39 heavy (non-hydrogen) atoms. The first-order chi connectivity index (χ1) is 18.6. The second-order valence-electron chi connectivity index (χ2n) is 11.5. The van der Waals surface area contributed by atoms with Crippen molar-refractivity contribution in [2.45, 2.75) is 57.4 Å². The van der Waals surface area contributed by atoms with E-state index in [4.69, 9.17) is 9.26 Å². The fraction of sp³-hybridized carbons (Fsp3) is 0.467. The highest BCUT2D eigenvalue weighted by Gasteiger charge is 2.48. The summed E-state index contributed by atoms with van der Waals surface area (Å²) >= 11 is 0. The molecule has 2 aliphatic heterocycles. The Kier molecular flexibility index (Phi) is 7.73. The molecule has 0 bridgehead atoms. The van der Waals surface area contributed by atoms with Crippen molar-refractivity contribution in [1.29, 1.82) is 0 Å². The van der Waals surface area contributed by atoms with E-state index in [0.717, 1.165) is 30.7 Å². The summed E-state index contributed by atoms with van der Waals surface area (Å²) in [5, 5.41) is 3.88. The molecule has 1 aromatic carbocycles. The number of ether oxygens (including phenoxy) is 1. The van der Waals surface area contributed by atoms with Gasteiger partial charge in [-0.05, 0) is 37.1 Å². The van der Waals surface area contributed by atoms with Crippen LogP contribution < -0.4 is 0 Å². The van der Waals surface area contributed by atoms with Gasteiger partial charge in [0, 0.05) is 86.5 Å². The van der Waals surface area contributed by atoms with Gasteiger partial charge in [0.2, 0.25) is 0 Å². The van der Waals surface area contributed by atoms with Crippen LogP contribution in [0.2, 0.25) is 0 Å². The smallest absolute Gasteiger partial charge is 0.185 e. The van der Waals surface area contributed by atoms with E-state index in [1.54, 1.807) is 6.20 Å². The van der Waals surface area contributed by atoms with E-state index < -0.39 is 22.5 Å². The molecule has 0 N–H and O–H groups in total. The summed E-state index contributed by atoms with van der Waals surface area (Å²) < 4.78 is 38.3. The normalized spacial score (nSPS) is 18.1. The van der Waals surface area contributed by atoms with Crippen molar-refractivity contribution in [1.82, 2.24) is 15.0 Å². The van der Waals surface area contributed by atoms with Gasteiger partial charge >= 0.3 is 0 Å². The second kappa shape index (κ2) is 11.1. The van der Waals surface area contributed by atoms with E-state index in [0.29, 0.717) is 38.8 Å². The van der Waals surface area contributed by atoms with Gasteiger partial charge in [-0.1, -0.05) is 25.1 Å². The topological polar surface area (TPSA) is 85.5 Å². The van der Waals surface area contributed by atoms with Crippen LogP contribution in [0.4, 0.5) is 8.78 Å². The number of hydrogen-bond acceptors (Lipinski definition) is 7. The van der Waals surface area contributed by atoms with Gasteiger partial charge in [-0.25, -0.2) is 8.78 Å². The summed E-state index contributed by atoms with van der Waals surface area (Å²) in [5.74, 6) is -1.64. The Morgan fingerprint density at radius 3 is 2.54 bits per heavy atom. The van der Waals surface area contributed by atoms with Gasteiger partial charge in [-0.2, -0.15) is 0 Å². The Labute approximate surface area is 226 Å². The summed E-state index contributed by atoms with van der Waals surface area (Å²) in [5.41, 5.74) is -0.0113. The number of carbonyl (C=O) groups is 2. The summed E-state index contributed by atoms with van der Waals surface area (Å²) in [6.07, 6.45) is 4.30. The number of ketones is 2. The zero-order valence-corrected chi connectivity index (χ0v) is 22.3. The molecule has 206 valence electrons. The first kappa shape index (κ1) is 27.3. The van der Waals surface area contributed by atoms with Gasteiger partial charge in [-0.15, -0.1) is 0 Å². The van der Waals surface area contributed by atoms with Gasteiger partial charge in [-0.3, -0.25) is 19.5 Å². The van der Waals surface area contributed by atoms with Crippen molar-refractivity contribution >= 4 is 11.6 Å². The largest absolute Gasteiger partial charge is 0.381 e. The zero-order valence-electron chi connectivity index (χ0n) is 22.3. The van der Waals surface area contributed by atoms with Gasteiger partial charge in [0.1, 0.15) is 23.1 Å². The second-order valence-corrected chi connectivity index (χ2v) is 11.5. The molecule has 0 aliphatic carbocycles. The zero-order chi connectivity index (χ0) is 27.6. The van der Waals surface area contributed by atoms with Crippen LogP contribution in [0.1, 0.15) is 62.1 Å². The molecular weight excluding hydrogens is 504 g/mol. The van der Waals surface area contributed by atoms with E-state index in [1.165, 1.54) is 12.1 Å². The number of likely N-dealkylation sites (tertiary alicyclic amines) is 1. The fourth-order valence-electron chi connectivity index (χ4n) is 5.89. The van der Waals surface area contributed by atoms with Crippen molar-refractivity contribution in [2.75, 3.05) is 26.3 Å². The average Bonchev–Trinajstić information content (AvgIpc) is 3.38. The molecule has 2 aliphatic rings. The molecule has 7 nitrogen and oxygen atoms in total. The van der Waals surface area contributed by atoms with Crippen molar-refractivity contribution < 1.29 is 27.6 Å². The third-order valence-electron chi connectivity index (χ3n) is 7.88. The van der Waals surface area contributed by atoms with Crippen LogP contribution in [0.3, 0.4) is 0 Å². The van der Waals surface area contributed by atoms with Gasteiger partial charge in [0.25, 0.3) is 0 Å². The minimum atomic E-state index is -0.797. The highest BCUT2D eigenvalue weighted by atomic mass is 19.1. The molecular formula is C30H33F2N3O4. The SMILES string of the molecule is CC(C)(CC(=O)CC1(CC(=O)c2cc(-c3ccc(F)cc3F)on2)CN(C2CCOCC2)C1)c1ccccn1. The van der Waals surface area contributed by atoms with E-state index in [9.17, 15) is 18.4 Å². The third-order valence-corrected chi connectivity index (χ3v) is 7.88. The van der Waals surface area contributed by atoms with Gasteiger partial charge in [0.15, 0.2) is 11.5 Å². The minimum absolute atomic E-state index is 0.0268. The molecule has 0 spiro atoms. The van der Waals surface area contributed by atoms with Crippen molar-refractivity contribution in [3.05, 3.63) is 71.7 Å². The van der Waals surface area contributed by atoms with Gasteiger partial charge < -0.3 is 9.26 Å². The Hall–Kier alpha value is -3.30. The lowest BCUT2D eigenvalue weighted by Crippen LogP contribution is -2.62. The summed E-state index contributed by atoms with van der Waals surface area (Å²) in [4.78, 5) is 33.6. The van der Waals surface area contributed by atoms with E-state index in [-0.39, 0.29) is 41.4 Å². The first-order valence-electron chi connectivity index (χ1n) is 13.3. The number of benzene rings is 1. The number of carbonyl (C=O) groups excluding carboxylic acids is 2. The monoisotopic (exact) mass is 537 g/mol. The Morgan fingerprint density at radius 2 is 1.85 bits per heavy atom.